The molecule has 0 spiro atoms. The van der Waals surface area contributed by atoms with Crippen molar-refractivity contribution < 1.29 is 18.3 Å². The predicted molar refractivity (Wildman–Crippen MR) is 93.3 cm³/mol. The quantitative estimate of drug-likeness (QED) is 0.865. The van der Waals surface area contributed by atoms with E-state index in [0.29, 0.717) is 16.3 Å². The summed E-state index contributed by atoms with van der Waals surface area (Å²) in [5, 5.41) is 18.8. The molecule has 2 aromatic rings. The first-order valence-electron chi connectivity index (χ1n) is 7.56. The second kappa shape index (κ2) is 6.34. The highest BCUT2D eigenvalue weighted by Gasteiger charge is 2.72. The molecule has 1 saturated carbocycles. The van der Waals surface area contributed by atoms with Crippen LogP contribution in [0, 0.1) is 16.7 Å². The lowest BCUT2D eigenvalue weighted by molar-refractivity contribution is 0.242. The lowest BCUT2D eigenvalue weighted by atomic mass is 10.0. The molecule has 7 heteroatoms. The number of sulfone groups is 1. The van der Waals surface area contributed by atoms with Gasteiger partial charge in [0.05, 0.1) is 29.9 Å². The molecule has 1 aliphatic rings. The molecule has 1 aliphatic carbocycles. The number of hydrogen-bond acceptors (Lipinski definition) is 5. The molecular weight excluding hydrogens is 362 g/mol. The molecule has 0 radical (unpaired) electrons. The molecule has 5 nitrogen and oxygen atoms in total. The largest absolute Gasteiger partial charge is 0.497 e. The maximum atomic E-state index is 13.0. The molecule has 0 amide bonds. The van der Waals surface area contributed by atoms with Crippen LogP contribution in [-0.4, -0.2) is 32.5 Å². The number of aliphatic hydroxyl groups is 1. The zero-order valence-corrected chi connectivity index (χ0v) is 15.0. The average molecular weight is 378 g/mol. The van der Waals surface area contributed by atoms with Gasteiger partial charge < -0.3 is 9.84 Å². The van der Waals surface area contributed by atoms with E-state index in [1.165, 1.54) is 31.4 Å². The van der Waals surface area contributed by atoms with Gasteiger partial charge in [0.25, 0.3) is 0 Å². The van der Waals surface area contributed by atoms with Crippen molar-refractivity contribution >= 4 is 21.4 Å². The van der Waals surface area contributed by atoms with E-state index in [4.69, 9.17) is 16.3 Å². The van der Waals surface area contributed by atoms with E-state index in [-0.39, 0.29) is 4.90 Å². The molecule has 0 aromatic heterocycles. The van der Waals surface area contributed by atoms with Crippen LogP contribution in [0.1, 0.15) is 11.5 Å². The normalized spacial score (nSPS) is 25.2. The van der Waals surface area contributed by atoms with Crippen LogP contribution in [0.3, 0.4) is 0 Å². The first-order valence-corrected chi connectivity index (χ1v) is 9.48. The second-order valence-electron chi connectivity index (χ2n) is 5.98. The van der Waals surface area contributed by atoms with Crippen molar-refractivity contribution in [2.24, 2.45) is 5.41 Å². The van der Waals surface area contributed by atoms with Gasteiger partial charge in [0.1, 0.15) is 11.2 Å². The maximum absolute atomic E-state index is 13.0. The van der Waals surface area contributed by atoms with Crippen LogP contribution in [0.4, 0.5) is 0 Å². The Bertz CT molecular complexity index is 919. The number of nitriles is 1. The summed E-state index contributed by atoms with van der Waals surface area (Å²) in [4.78, 5) is 0.0889. The topological polar surface area (TPSA) is 87.4 Å². The van der Waals surface area contributed by atoms with Gasteiger partial charge in [-0.15, -0.1) is 0 Å². The lowest BCUT2D eigenvalue weighted by Crippen LogP contribution is -2.18. The van der Waals surface area contributed by atoms with Crippen molar-refractivity contribution in [3.8, 4) is 11.8 Å². The first-order chi connectivity index (χ1) is 11.9. The van der Waals surface area contributed by atoms with Crippen LogP contribution in [0.2, 0.25) is 5.02 Å². The van der Waals surface area contributed by atoms with Crippen LogP contribution in [0.25, 0.3) is 0 Å². The van der Waals surface area contributed by atoms with Gasteiger partial charge in [0, 0.05) is 10.9 Å². The minimum absolute atomic E-state index is 0.0889. The molecule has 0 bridgehead atoms. The fourth-order valence-corrected chi connectivity index (χ4v) is 5.71. The number of aliphatic hydroxyl groups excluding tert-OH is 1. The van der Waals surface area contributed by atoms with Gasteiger partial charge in [0.15, 0.2) is 9.84 Å². The molecule has 3 unspecified atom stereocenters. The Kier molecular flexibility index (Phi) is 4.50. The van der Waals surface area contributed by atoms with Crippen molar-refractivity contribution in [3.05, 3.63) is 59.1 Å². The third-order valence-corrected chi connectivity index (χ3v) is 7.22. The molecule has 130 valence electrons. The molecule has 0 saturated heterocycles. The molecule has 0 heterocycles. The van der Waals surface area contributed by atoms with Crippen LogP contribution in [0.15, 0.2) is 53.4 Å². The van der Waals surface area contributed by atoms with Crippen molar-refractivity contribution in [3.63, 3.8) is 0 Å². The summed E-state index contributed by atoms with van der Waals surface area (Å²) in [6.45, 7) is -0.530. The van der Waals surface area contributed by atoms with Crippen LogP contribution >= 0.6 is 11.6 Å². The number of hydrogen-bond donors (Lipinski definition) is 1. The molecule has 1 fully saturated rings. The van der Waals surface area contributed by atoms with Crippen LogP contribution < -0.4 is 4.74 Å². The van der Waals surface area contributed by atoms with Crippen LogP contribution in [0.5, 0.6) is 5.75 Å². The van der Waals surface area contributed by atoms with E-state index >= 15 is 0 Å². The molecular formula is C18H16ClNO4S. The SMILES string of the molecule is COc1ccc(C2C(S(=O)(=O)c3ccc(Cl)cc3)C2(C#N)CO)cc1. The number of ether oxygens (including phenoxy) is 1. The summed E-state index contributed by atoms with van der Waals surface area (Å²) in [6, 6.07) is 14.7. The van der Waals surface area contributed by atoms with Gasteiger partial charge in [0.2, 0.25) is 0 Å². The summed E-state index contributed by atoms with van der Waals surface area (Å²) < 4.78 is 31.1. The van der Waals surface area contributed by atoms with Gasteiger partial charge in [-0.05, 0) is 42.0 Å². The smallest absolute Gasteiger partial charge is 0.183 e. The summed E-state index contributed by atoms with van der Waals surface area (Å²) >= 11 is 5.82. The molecule has 0 aliphatic heterocycles. The van der Waals surface area contributed by atoms with E-state index < -0.39 is 33.0 Å². The van der Waals surface area contributed by atoms with E-state index in [1.54, 1.807) is 24.3 Å². The first kappa shape index (κ1) is 17.7. The Morgan fingerprint density at radius 3 is 2.28 bits per heavy atom. The zero-order valence-electron chi connectivity index (χ0n) is 13.4. The predicted octanol–water partition coefficient (Wildman–Crippen LogP) is 2.79. The van der Waals surface area contributed by atoms with Crippen molar-refractivity contribution in [2.45, 2.75) is 16.1 Å². The fraction of sp³-hybridized carbons (Fsp3) is 0.278. The molecule has 1 N–H and O–H groups in total. The van der Waals surface area contributed by atoms with Crippen molar-refractivity contribution in [2.75, 3.05) is 13.7 Å². The Morgan fingerprint density at radius 2 is 1.80 bits per heavy atom. The summed E-state index contributed by atoms with van der Waals surface area (Å²) in [7, 11) is -2.26. The Labute approximate surface area is 151 Å². The fourth-order valence-electron chi connectivity index (χ4n) is 3.27. The standard InChI is InChI=1S/C18H16ClNO4S/c1-24-14-6-2-12(3-7-14)16-17(18(16,10-20)11-21)25(22,23)15-8-4-13(19)5-9-15/h2-9,16-17,21H,11H2,1H3. The van der Waals surface area contributed by atoms with Gasteiger partial charge in [-0.3, -0.25) is 0 Å². The Morgan fingerprint density at radius 1 is 1.20 bits per heavy atom. The minimum Gasteiger partial charge on any atom is -0.497 e. The third kappa shape index (κ3) is 2.78. The van der Waals surface area contributed by atoms with E-state index in [0.717, 1.165) is 0 Å². The average Bonchev–Trinajstić information content (AvgIpc) is 3.33. The summed E-state index contributed by atoms with van der Waals surface area (Å²) in [6.07, 6.45) is 0. The van der Waals surface area contributed by atoms with Gasteiger partial charge in [-0.2, -0.15) is 5.26 Å². The van der Waals surface area contributed by atoms with E-state index in [1.807, 2.05) is 6.07 Å². The second-order valence-corrected chi connectivity index (χ2v) is 8.49. The number of methoxy groups -OCH3 is 1. The Balaban J connectivity index is 2.04. The number of nitrogens with zero attached hydrogens (tertiary/aromatic N) is 1. The van der Waals surface area contributed by atoms with Gasteiger partial charge in [-0.1, -0.05) is 23.7 Å². The summed E-state index contributed by atoms with van der Waals surface area (Å²) in [5.41, 5.74) is -0.675. The number of rotatable bonds is 5. The maximum Gasteiger partial charge on any atom is 0.183 e. The highest BCUT2D eigenvalue weighted by atomic mass is 35.5. The molecule has 3 atom stereocenters. The van der Waals surface area contributed by atoms with Crippen molar-refractivity contribution in [1.29, 1.82) is 5.26 Å². The third-order valence-electron chi connectivity index (χ3n) is 4.68. The van der Waals surface area contributed by atoms with Crippen molar-refractivity contribution in [1.82, 2.24) is 0 Å². The van der Waals surface area contributed by atoms with Gasteiger partial charge in [-0.25, -0.2) is 8.42 Å². The monoisotopic (exact) mass is 377 g/mol. The summed E-state index contributed by atoms with van der Waals surface area (Å²) in [5.74, 6) is 0.0298. The lowest BCUT2D eigenvalue weighted by Gasteiger charge is -2.06. The van der Waals surface area contributed by atoms with E-state index in [2.05, 4.69) is 0 Å². The van der Waals surface area contributed by atoms with Gasteiger partial charge >= 0.3 is 0 Å². The Hall–Kier alpha value is -2.07. The molecule has 3 rings (SSSR count). The van der Waals surface area contributed by atoms with E-state index in [9.17, 15) is 18.8 Å². The number of benzene rings is 2. The minimum atomic E-state index is -3.80. The molecule has 25 heavy (non-hydrogen) atoms. The highest BCUT2D eigenvalue weighted by molar-refractivity contribution is 7.92. The molecule has 2 aromatic carbocycles. The number of halogens is 1. The zero-order chi connectivity index (χ0) is 18.2. The highest BCUT2D eigenvalue weighted by Crippen LogP contribution is 2.63. The van der Waals surface area contributed by atoms with Crippen LogP contribution in [-0.2, 0) is 9.84 Å².